The lowest BCUT2D eigenvalue weighted by atomic mass is 10.2. The minimum atomic E-state index is -2.91. The number of rotatable bonds is 2. The molecule has 0 rings (SSSR count). The van der Waals surface area contributed by atoms with Gasteiger partial charge in [0.1, 0.15) is 5.60 Å². The van der Waals surface area contributed by atoms with Gasteiger partial charge in [-0.05, 0) is 20.8 Å². The molecule has 0 heterocycles. The third kappa shape index (κ3) is 9.04. The highest BCUT2D eigenvalue weighted by atomic mass is 19.3. The van der Waals surface area contributed by atoms with E-state index in [0.717, 1.165) is 6.92 Å². The van der Waals surface area contributed by atoms with E-state index in [4.69, 9.17) is 4.74 Å². The van der Waals surface area contributed by atoms with Crippen LogP contribution in [-0.2, 0) is 4.74 Å². The summed E-state index contributed by atoms with van der Waals surface area (Å²) in [6, 6.07) is 0. The average Bonchev–Trinajstić information content (AvgIpc) is 1.78. The monoisotopic (exact) mass is 195 g/mol. The summed E-state index contributed by atoms with van der Waals surface area (Å²) in [6.45, 7) is 5.01. The maximum atomic E-state index is 12.2. The SMILES string of the molecule is CC(F)(F)CNC(=O)OC(C)(C)C. The molecule has 0 bridgehead atoms. The van der Waals surface area contributed by atoms with E-state index in [9.17, 15) is 13.6 Å². The molecule has 0 radical (unpaired) electrons. The highest BCUT2D eigenvalue weighted by Gasteiger charge is 2.23. The fraction of sp³-hybridized carbons (Fsp3) is 0.875. The molecule has 5 heteroatoms. The number of carbonyl (C=O) groups excluding carboxylic acids is 1. The number of hydrogen-bond acceptors (Lipinski definition) is 2. The van der Waals surface area contributed by atoms with Crippen LogP contribution in [0.3, 0.4) is 0 Å². The fourth-order valence-electron chi connectivity index (χ4n) is 0.542. The van der Waals surface area contributed by atoms with Crippen LogP contribution < -0.4 is 5.32 Å². The third-order valence-electron chi connectivity index (χ3n) is 0.942. The van der Waals surface area contributed by atoms with Crippen molar-refractivity contribution < 1.29 is 18.3 Å². The summed E-state index contributed by atoms with van der Waals surface area (Å²) in [5.41, 5.74) is -0.660. The molecule has 0 fully saturated rings. The van der Waals surface area contributed by atoms with Crippen molar-refractivity contribution in [2.75, 3.05) is 6.54 Å². The van der Waals surface area contributed by atoms with Gasteiger partial charge >= 0.3 is 6.09 Å². The van der Waals surface area contributed by atoms with Crippen LogP contribution in [0.5, 0.6) is 0 Å². The molecule has 3 nitrogen and oxygen atoms in total. The molecule has 0 saturated carbocycles. The van der Waals surface area contributed by atoms with Gasteiger partial charge < -0.3 is 10.1 Å². The Balaban J connectivity index is 3.78. The number of halogens is 2. The Morgan fingerprint density at radius 3 is 2.08 bits per heavy atom. The molecular formula is C8H15F2NO2. The first-order valence-electron chi connectivity index (χ1n) is 3.95. The quantitative estimate of drug-likeness (QED) is 0.733. The summed E-state index contributed by atoms with van der Waals surface area (Å²) in [6.07, 6.45) is -0.825. The van der Waals surface area contributed by atoms with E-state index in [1.54, 1.807) is 20.8 Å². The topological polar surface area (TPSA) is 38.3 Å². The van der Waals surface area contributed by atoms with Crippen molar-refractivity contribution in [2.24, 2.45) is 0 Å². The van der Waals surface area contributed by atoms with Crippen LogP contribution in [0.4, 0.5) is 13.6 Å². The molecule has 0 aromatic carbocycles. The lowest BCUT2D eigenvalue weighted by Crippen LogP contribution is -2.38. The van der Waals surface area contributed by atoms with Crippen LogP contribution in [0, 0.1) is 0 Å². The van der Waals surface area contributed by atoms with Crippen molar-refractivity contribution in [1.82, 2.24) is 5.32 Å². The standard InChI is InChI=1S/C8H15F2NO2/c1-7(2,3)13-6(12)11-5-8(4,9)10/h5H2,1-4H3,(H,11,12). The molecule has 0 aliphatic carbocycles. The van der Waals surface area contributed by atoms with Crippen LogP contribution in [0.25, 0.3) is 0 Å². The van der Waals surface area contributed by atoms with Crippen molar-refractivity contribution in [3.8, 4) is 0 Å². The Morgan fingerprint density at radius 1 is 1.31 bits per heavy atom. The van der Waals surface area contributed by atoms with Crippen molar-refractivity contribution in [3.63, 3.8) is 0 Å². The van der Waals surface area contributed by atoms with Crippen LogP contribution in [0.2, 0.25) is 0 Å². The largest absolute Gasteiger partial charge is 0.444 e. The lowest BCUT2D eigenvalue weighted by molar-refractivity contribution is 0.0115. The summed E-state index contributed by atoms with van der Waals surface area (Å²) < 4.78 is 29.2. The molecule has 0 aromatic heterocycles. The number of alkyl halides is 2. The van der Waals surface area contributed by atoms with E-state index >= 15 is 0 Å². The maximum absolute atomic E-state index is 12.2. The Hall–Kier alpha value is -0.870. The summed E-state index contributed by atoms with van der Waals surface area (Å²) in [5.74, 6) is -2.91. The second kappa shape index (κ2) is 3.89. The normalized spacial score (nSPS) is 12.5. The van der Waals surface area contributed by atoms with Gasteiger partial charge in [0.15, 0.2) is 0 Å². The van der Waals surface area contributed by atoms with Crippen molar-refractivity contribution in [3.05, 3.63) is 0 Å². The number of amides is 1. The summed E-state index contributed by atoms with van der Waals surface area (Å²) in [5, 5.41) is 1.97. The van der Waals surface area contributed by atoms with Crippen molar-refractivity contribution in [2.45, 2.75) is 39.2 Å². The fourth-order valence-corrected chi connectivity index (χ4v) is 0.542. The van der Waals surface area contributed by atoms with E-state index in [1.165, 1.54) is 0 Å². The molecule has 1 N–H and O–H groups in total. The average molecular weight is 195 g/mol. The van der Waals surface area contributed by atoms with Gasteiger partial charge in [-0.15, -0.1) is 0 Å². The molecule has 0 aliphatic heterocycles. The smallest absolute Gasteiger partial charge is 0.407 e. The molecule has 0 atom stereocenters. The molecule has 78 valence electrons. The molecule has 0 saturated heterocycles. The van der Waals surface area contributed by atoms with Gasteiger partial charge in [0.2, 0.25) is 0 Å². The van der Waals surface area contributed by atoms with Gasteiger partial charge in [-0.3, -0.25) is 0 Å². The van der Waals surface area contributed by atoms with Gasteiger partial charge in [0, 0.05) is 6.92 Å². The first kappa shape index (κ1) is 12.1. The predicted octanol–water partition coefficient (Wildman–Crippen LogP) is 2.17. The zero-order chi connectivity index (χ0) is 10.7. The number of ether oxygens (including phenoxy) is 1. The molecule has 0 spiro atoms. The molecular weight excluding hydrogens is 180 g/mol. The predicted molar refractivity (Wildman–Crippen MR) is 44.9 cm³/mol. The molecule has 13 heavy (non-hydrogen) atoms. The molecule has 0 aliphatic rings. The van der Waals surface area contributed by atoms with Crippen molar-refractivity contribution in [1.29, 1.82) is 0 Å². The molecule has 0 aromatic rings. The van der Waals surface area contributed by atoms with E-state index in [0.29, 0.717) is 0 Å². The Kier molecular flexibility index (Phi) is 3.63. The summed E-state index contributed by atoms with van der Waals surface area (Å²) in [7, 11) is 0. The van der Waals surface area contributed by atoms with Gasteiger partial charge in [-0.1, -0.05) is 0 Å². The highest BCUT2D eigenvalue weighted by molar-refractivity contribution is 5.67. The first-order chi connectivity index (χ1) is 5.60. The van der Waals surface area contributed by atoms with E-state index < -0.39 is 24.2 Å². The van der Waals surface area contributed by atoms with Gasteiger partial charge in [0.25, 0.3) is 5.92 Å². The zero-order valence-corrected chi connectivity index (χ0v) is 8.28. The number of carbonyl (C=O) groups is 1. The van der Waals surface area contributed by atoms with E-state index in [-0.39, 0.29) is 0 Å². The number of hydrogen-bond donors (Lipinski definition) is 1. The van der Waals surface area contributed by atoms with E-state index in [1.807, 2.05) is 5.32 Å². The maximum Gasteiger partial charge on any atom is 0.407 e. The van der Waals surface area contributed by atoms with Crippen molar-refractivity contribution >= 4 is 6.09 Å². The second-order valence-electron chi connectivity index (χ2n) is 3.93. The van der Waals surface area contributed by atoms with Gasteiger partial charge in [-0.2, -0.15) is 0 Å². The van der Waals surface area contributed by atoms with Crippen LogP contribution in [0.15, 0.2) is 0 Å². The Bertz CT molecular complexity index is 182. The lowest BCUT2D eigenvalue weighted by Gasteiger charge is -2.20. The third-order valence-corrected chi connectivity index (χ3v) is 0.942. The van der Waals surface area contributed by atoms with Gasteiger partial charge in [0.05, 0.1) is 6.54 Å². The Morgan fingerprint density at radius 2 is 1.77 bits per heavy atom. The Labute approximate surface area is 76.4 Å². The van der Waals surface area contributed by atoms with E-state index in [2.05, 4.69) is 0 Å². The molecule has 1 amide bonds. The molecule has 0 unspecified atom stereocenters. The van der Waals surface area contributed by atoms with Gasteiger partial charge in [-0.25, -0.2) is 13.6 Å². The highest BCUT2D eigenvalue weighted by Crippen LogP contribution is 2.10. The second-order valence-corrected chi connectivity index (χ2v) is 3.93. The van der Waals surface area contributed by atoms with Crippen LogP contribution in [0.1, 0.15) is 27.7 Å². The van der Waals surface area contributed by atoms with Crippen LogP contribution >= 0.6 is 0 Å². The minimum Gasteiger partial charge on any atom is -0.444 e. The first-order valence-corrected chi connectivity index (χ1v) is 3.95. The van der Waals surface area contributed by atoms with Crippen LogP contribution in [-0.4, -0.2) is 24.2 Å². The number of alkyl carbamates (subject to hydrolysis) is 1. The minimum absolute atomic E-state index is 0.660. The zero-order valence-electron chi connectivity index (χ0n) is 8.28. The number of nitrogens with one attached hydrogen (secondary N) is 1. The summed E-state index contributed by atoms with van der Waals surface area (Å²) >= 11 is 0. The summed E-state index contributed by atoms with van der Waals surface area (Å²) in [4.78, 5) is 10.8.